The molecule has 0 radical (unpaired) electrons. The van der Waals surface area contributed by atoms with Gasteiger partial charge in [-0.05, 0) is 30.9 Å². The Morgan fingerprint density at radius 3 is 2.69 bits per heavy atom. The Morgan fingerprint density at radius 2 is 2.12 bits per heavy atom. The second kappa shape index (κ2) is 5.49. The number of hydrogen-bond donors (Lipinski definition) is 1. The van der Waals surface area contributed by atoms with Crippen LogP contribution in [0.3, 0.4) is 0 Å². The van der Waals surface area contributed by atoms with Crippen LogP contribution in [0.4, 0.5) is 11.4 Å². The maximum atomic E-state index is 10.8. The van der Waals surface area contributed by atoms with Gasteiger partial charge >= 0.3 is 0 Å². The minimum atomic E-state index is -0.343. The second-order valence-electron chi connectivity index (χ2n) is 4.39. The van der Waals surface area contributed by atoms with Gasteiger partial charge in [0.05, 0.1) is 4.92 Å². The molecule has 0 spiro atoms. The van der Waals surface area contributed by atoms with Gasteiger partial charge < -0.3 is 5.32 Å². The largest absolute Gasteiger partial charge is 0.379 e. The summed E-state index contributed by atoms with van der Waals surface area (Å²) in [5, 5.41) is 13.9. The van der Waals surface area contributed by atoms with E-state index in [-0.39, 0.29) is 10.6 Å². The molecule has 1 aromatic rings. The number of rotatable bonds is 5. The first-order valence-corrected chi connectivity index (χ1v) is 5.49. The third-order valence-electron chi connectivity index (χ3n) is 2.39. The number of benzene rings is 1. The molecule has 4 heteroatoms. The van der Waals surface area contributed by atoms with Crippen LogP contribution in [0.1, 0.15) is 25.8 Å². The molecular formula is C12H18N2O2. The van der Waals surface area contributed by atoms with Crippen molar-refractivity contribution in [1.29, 1.82) is 0 Å². The molecule has 0 atom stereocenters. The summed E-state index contributed by atoms with van der Waals surface area (Å²) in [4.78, 5) is 10.5. The molecule has 1 N–H and O–H groups in total. The van der Waals surface area contributed by atoms with Gasteiger partial charge in [0, 0.05) is 12.6 Å². The highest BCUT2D eigenvalue weighted by molar-refractivity contribution is 5.62. The van der Waals surface area contributed by atoms with E-state index in [1.54, 1.807) is 12.1 Å². The topological polar surface area (TPSA) is 55.2 Å². The quantitative estimate of drug-likeness (QED) is 0.614. The predicted octanol–water partition coefficient (Wildman–Crippen LogP) is 3.36. The molecule has 0 fully saturated rings. The van der Waals surface area contributed by atoms with E-state index in [4.69, 9.17) is 0 Å². The molecule has 0 aromatic heterocycles. The van der Waals surface area contributed by atoms with E-state index < -0.39 is 0 Å². The highest BCUT2D eigenvalue weighted by Crippen LogP contribution is 2.25. The Balaban J connectivity index is 2.75. The van der Waals surface area contributed by atoms with Crippen LogP contribution in [0.15, 0.2) is 18.2 Å². The zero-order valence-electron chi connectivity index (χ0n) is 9.99. The van der Waals surface area contributed by atoms with Gasteiger partial charge in [-0.2, -0.15) is 0 Å². The van der Waals surface area contributed by atoms with Crippen molar-refractivity contribution < 1.29 is 4.92 Å². The summed E-state index contributed by atoms with van der Waals surface area (Å²) in [6.45, 7) is 6.88. The van der Waals surface area contributed by atoms with Gasteiger partial charge in [0.2, 0.25) is 0 Å². The molecule has 1 aromatic carbocycles. The number of nitro groups is 1. The fraction of sp³-hybridized carbons (Fsp3) is 0.500. The summed E-state index contributed by atoms with van der Waals surface area (Å²) in [6.07, 6.45) is 1.00. The van der Waals surface area contributed by atoms with Crippen LogP contribution in [0, 0.1) is 23.0 Å². The lowest BCUT2D eigenvalue weighted by Gasteiger charge is -2.09. The Hall–Kier alpha value is -1.58. The summed E-state index contributed by atoms with van der Waals surface area (Å²) < 4.78 is 0. The molecule has 0 aliphatic heterocycles. The van der Waals surface area contributed by atoms with Crippen molar-refractivity contribution in [1.82, 2.24) is 0 Å². The van der Waals surface area contributed by atoms with Crippen LogP contribution in [0.2, 0.25) is 0 Å². The zero-order chi connectivity index (χ0) is 12.1. The Labute approximate surface area is 95.8 Å². The maximum Gasteiger partial charge on any atom is 0.292 e. The molecular weight excluding hydrogens is 204 g/mol. The molecule has 1 rings (SSSR count). The van der Waals surface area contributed by atoms with Crippen molar-refractivity contribution in [2.75, 3.05) is 11.9 Å². The lowest BCUT2D eigenvalue weighted by molar-refractivity contribution is -0.384. The van der Waals surface area contributed by atoms with E-state index >= 15 is 0 Å². The monoisotopic (exact) mass is 222 g/mol. The molecule has 0 aliphatic carbocycles. The summed E-state index contributed by atoms with van der Waals surface area (Å²) in [7, 11) is 0. The molecule has 88 valence electrons. The van der Waals surface area contributed by atoms with E-state index in [9.17, 15) is 10.1 Å². The number of aryl methyl sites for hydroxylation is 1. The standard InChI is InChI=1S/C12H18N2O2/c1-9(2)6-7-13-11-5-4-10(3)8-12(11)14(15)16/h4-5,8-9,13H,6-7H2,1-3H3. The van der Waals surface area contributed by atoms with Gasteiger partial charge in [0.15, 0.2) is 0 Å². The van der Waals surface area contributed by atoms with Crippen LogP contribution in [0.5, 0.6) is 0 Å². The first kappa shape index (κ1) is 12.5. The lowest BCUT2D eigenvalue weighted by Crippen LogP contribution is -2.06. The van der Waals surface area contributed by atoms with Gasteiger partial charge in [-0.25, -0.2) is 0 Å². The smallest absolute Gasteiger partial charge is 0.292 e. The predicted molar refractivity (Wildman–Crippen MR) is 65.8 cm³/mol. The second-order valence-corrected chi connectivity index (χ2v) is 4.39. The molecule has 0 saturated heterocycles. The summed E-state index contributed by atoms with van der Waals surface area (Å²) >= 11 is 0. The Kier molecular flexibility index (Phi) is 4.28. The number of anilines is 1. The minimum Gasteiger partial charge on any atom is -0.379 e. The molecule has 0 amide bonds. The highest BCUT2D eigenvalue weighted by atomic mass is 16.6. The minimum absolute atomic E-state index is 0.156. The van der Waals surface area contributed by atoms with Crippen molar-refractivity contribution >= 4 is 11.4 Å². The first-order valence-electron chi connectivity index (χ1n) is 5.49. The van der Waals surface area contributed by atoms with Crippen LogP contribution >= 0.6 is 0 Å². The molecule has 0 aliphatic rings. The third kappa shape index (κ3) is 3.53. The summed E-state index contributed by atoms with van der Waals surface area (Å²) in [5.41, 5.74) is 1.67. The van der Waals surface area contributed by atoms with Crippen molar-refractivity contribution in [3.63, 3.8) is 0 Å². The van der Waals surface area contributed by atoms with E-state index in [0.29, 0.717) is 11.6 Å². The average Bonchev–Trinajstić information content (AvgIpc) is 2.19. The molecule has 0 unspecified atom stereocenters. The summed E-state index contributed by atoms with van der Waals surface area (Å²) in [5.74, 6) is 0.594. The van der Waals surface area contributed by atoms with Gasteiger partial charge in [0.1, 0.15) is 5.69 Å². The van der Waals surface area contributed by atoms with Gasteiger partial charge in [-0.1, -0.05) is 19.9 Å². The van der Waals surface area contributed by atoms with Gasteiger partial charge in [-0.3, -0.25) is 10.1 Å². The fourth-order valence-electron chi connectivity index (χ4n) is 1.44. The average molecular weight is 222 g/mol. The normalized spacial score (nSPS) is 10.5. The lowest BCUT2D eigenvalue weighted by atomic mass is 10.1. The van der Waals surface area contributed by atoms with Crippen LogP contribution in [0.25, 0.3) is 0 Å². The van der Waals surface area contributed by atoms with E-state index in [1.807, 2.05) is 13.0 Å². The molecule has 0 bridgehead atoms. The van der Waals surface area contributed by atoms with E-state index in [0.717, 1.165) is 18.5 Å². The highest BCUT2D eigenvalue weighted by Gasteiger charge is 2.12. The number of nitrogens with zero attached hydrogens (tertiary/aromatic N) is 1. The van der Waals surface area contributed by atoms with Crippen LogP contribution < -0.4 is 5.32 Å². The van der Waals surface area contributed by atoms with Crippen molar-refractivity contribution in [2.45, 2.75) is 27.2 Å². The van der Waals surface area contributed by atoms with Crippen molar-refractivity contribution in [2.24, 2.45) is 5.92 Å². The van der Waals surface area contributed by atoms with E-state index in [1.165, 1.54) is 0 Å². The number of nitrogens with one attached hydrogen (secondary N) is 1. The molecule has 0 saturated carbocycles. The first-order chi connectivity index (χ1) is 7.50. The summed E-state index contributed by atoms with van der Waals surface area (Å²) in [6, 6.07) is 5.25. The van der Waals surface area contributed by atoms with Crippen molar-refractivity contribution in [3.05, 3.63) is 33.9 Å². The van der Waals surface area contributed by atoms with Gasteiger partial charge in [-0.15, -0.1) is 0 Å². The SMILES string of the molecule is Cc1ccc(NCCC(C)C)c([N+](=O)[O-])c1. The maximum absolute atomic E-state index is 10.8. The number of nitro benzene ring substituents is 1. The fourth-order valence-corrected chi connectivity index (χ4v) is 1.44. The third-order valence-corrected chi connectivity index (χ3v) is 2.39. The van der Waals surface area contributed by atoms with Gasteiger partial charge in [0.25, 0.3) is 5.69 Å². The zero-order valence-corrected chi connectivity index (χ0v) is 9.99. The van der Waals surface area contributed by atoms with Crippen molar-refractivity contribution in [3.8, 4) is 0 Å². The molecule has 16 heavy (non-hydrogen) atoms. The molecule has 0 heterocycles. The van der Waals surface area contributed by atoms with Crippen LogP contribution in [-0.2, 0) is 0 Å². The molecule has 4 nitrogen and oxygen atoms in total. The Bertz CT molecular complexity index is 375. The Morgan fingerprint density at radius 1 is 1.44 bits per heavy atom. The van der Waals surface area contributed by atoms with E-state index in [2.05, 4.69) is 19.2 Å². The van der Waals surface area contributed by atoms with Crippen LogP contribution in [-0.4, -0.2) is 11.5 Å². The number of hydrogen-bond acceptors (Lipinski definition) is 3.